The molecular formula is C15H20N4O2S. The van der Waals surface area contributed by atoms with E-state index in [0.29, 0.717) is 19.5 Å². The lowest BCUT2D eigenvalue weighted by atomic mass is 10.2. The van der Waals surface area contributed by atoms with Crippen molar-refractivity contribution in [3.63, 3.8) is 0 Å². The number of unbranched alkanes of at least 4 members (excludes halogenated alkanes) is 2. The lowest BCUT2D eigenvalue weighted by molar-refractivity contribution is -0.121. The molecule has 0 aliphatic rings. The van der Waals surface area contributed by atoms with Gasteiger partial charge in [0.2, 0.25) is 5.91 Å². The Hall–Kier alpha value is -2.15. The number of primary amides is 1. The largest absolute Gasteiger partial charge is 0.352 e. The Morgan fingerprint density at radius 2 is 1.95 bits per heavy atom. The van der Waals surface area contributed by atoms with Gasteiger partial charge in [-0.3, -0.25) is 4.79 Å². The number of aromatic nitrogens is 1. The van der Waals surface area contributed by atoms with Crippen molar-refractivity contribution < 1.29 is 9.59 Å². The Balaban J connectivity index is 1.62. The fourth-order valence-electron chi connectivity index (χ4n) is 2.06. The molecule has 3 amide bonds. The fourth-order valence-corrected chi connectivity index (χ4v) is 2.96. The van der Waals surface area contributed by atoms with Gasteiger partial charge < -0.3 is 16.4 Å². The van der Waals surface area contributed by atoms with Crippen LogP contribution in [-0.4, -0.2) is 23.5 Å². The normalized spacial score (nSPS) is 10.5. The molecule has 0 atom stereocenters. The van der Waals surface area contributed by atoms with Crippen LogP contribution in [0.3, 0.4) is 0 Å². The summed E-state index contributed by atoms with van der Waals surface area (Å²) in [6, 6.07) is 7.43. The Morgan fingerprint density at radius 1 is 1.14 bits per heavy atom. The molecule has 0 saturated carbocycles. The third-order valence-electron chi connectivity index (χ3n) is 3.15. The highest BCUT2D eigenvalue weighted by atomic mass is 32.1. The number of rotatable bonds is 8. The molecule has 118 valence electrons. The number of carbonyl (C=O) groups excluding carboxylic acids is 2. The summed E-state index contributed by atoms with van der Waals surface area (Å²) in [5.41, 5.74) is 5.93. The van der Waals surface area contributed by atoms with Gasteiger partial charge in [-0.1, -0.05) is 18.6 Å². The topological polar surface area (TPSA) is 97.1 Å². The monoisotopic (exact) mass is 320 g/mol. The molecule has 0 radical (unpaired) electrons. The maximum Gasteiger partial charge on any atom is 0.312 e. The van der Waals surface area contributed by atoms with E-state index in [-0.39, 0.29) is 5.91 Å². The third kappa shape index (κ3) is 5.33. The maximum absolute atomic E-state index is 11.7. The van der Waals surface area contributed by atoms with Crippen molar-refractivity contribution >= 4 is 33.5 Å². The van der Waals surface area contributed by atoms with Gasteiger partial charge in [0, 0.05) is 13.0 Å². The van der Waals surface area contributed by atoms with E-state index in [1.807, 2.05) is 24.3 Å². The molecule has 6 nitrogen and oxygen atoms in total. The SMILES string of the molecule is NC(=O)NCCCCCC(=O)NCc1nc2ccccc2s1. The van der Waals surface area contributed by atoms with Crippen molar-refractivity contribution in [2.45, 2.75) is 32.2 Å². The molecule has 22 heavy (non-hydrogen) atoms. The first kappa shape index (κ1) is 16.2. The molecule has 0 spiro atoms. The molecule has 0 unspecified atom stereocenters. The number of amides is 3. The van der Waals surface area contributed by atoms with E-state index in [1.54, 1.807) is 11.3 Å². The average molecular weight is 320 g/mol. The number of hydrogen-bond acceptors (Lipinski definition) is 4. The number of fused-ring (bicyclic) bond motifs is 1. The molecule has 1 heterocycles. The first-order valence-electron chi connectivity index (χ1n) is 7.29. The molecule has 0 fully saturated rings. The van der Waals surface area contributed by atoms with Crippen molar-refractivity contribution in [1.29, 1.82) is 0 Å². The first-order chi connectivity index (χ1) is 10.6. The highest BCUT2D eigenvalue weighted by Crippen LogP contribution is 2.21. The number of hydrogen-bond donors (Lipinski definition) is 3. The number of nitrogens with two attached hydrogens (primary N) is 1. The lowest BCUT2D eigenvalue weighted by Gasteiger charge is -2.03. The Labute approximate surface area is 133 Å². The quantitative estimate of drug-likeness (QED) is 0.650. The van der Waals surface area contributed by atoms with Gasteiger partial charge in [-0.2, -0.15) is 0 Å². The zero-order valence-corrected chi connectivity index (χ0v) is 13.1. The van der Waals surface area contributed by atoms with Crippen molar-refractivity contribution in [3.8, 4) is 0 Å². The average Bonchev–Trinajstić information content (AvgIpc) is 2.91. The molecule has 7 heteroatoms. The standard InChI is InChI=1S/C15H20N4O2S/c16-15(21)17-9-5-1-2-8-13(20)18-10-14-19-11-6-3-4-7-12(11)22-14/h3-4,6-7H,1-2,5,8-10H2,(H,18,20)(H3,16,17,21). The zero-order chi connectivity index (χ0) is 15.8. The second-order valence-corrected chi connectivity index (χ2v) is 6.07. The van der Waals surface area contributed by atoms with Crippen LogP contribution in [0.4, 0.5) is 4.79 Å². The van der Waals surface area contributed by atoms with E-state index >= 15 is 0 Å². The third-order valence-corrected chi connectivity index (χ3v) is 4.19. The van der Waals surface area contributed by atoms with Gasteiger partial charge >= 0.3 is 6.03 Å². The number of nitrogens with zero attached hydrogens (tertiary/aromatic N) is 1. The molecule has 0 saturated heterocycles. The smallest absolute Gasteiger partial charge is 0.312 e. The van der Waals surface area contributed by atoms with E-state index in [9.17, 15) is 9.59 Å². The first-order valence-corrected chi connectivity index (χ1v) is 8.11. The summed E-state index contributed by atoms with van der Waals surface area (Å²) in [6.07, 6.45) is 3.00. The summed E-state index contributed by atoms with van der Waals surface area (Å²) in [4.78, 5) is 26.7. The van der Waals surface area contributed by atoms with Crippen LogP contribution in [0.5, 0.6) is 0 Å². The predicted octanol–water partition coefficient (Wildman–Crippen LogP) is 2.14. The maximum atomic E-state index is 11.7. The van der Waals surface area contributed by atoms with Crippen LogP contribution in [0.2, 0.25) is 0 Å². The number of carbonyl (C=O) groups is 2. The van der Waals surface area contributed by atoms with Crippen LogP contribution in [0.15, 0.2) is 24.3 Å². The molecule has 1 aromatic carbocycles. The fraction of sp³-hybridized carbons (Fsp3) is 0.400. The number of urea groups is 1. The summed E-state index contributed by atoms with van der Waals surface area (Å²) in [5, 5.41) is 6.33. The van der Waals surface area contributed by atoms with Gasteiger partial charge in [-0.15, -0.1) is 11.3 Å². The van der Waals surface area contributed by atoms with E-state index in [0.717, 1.165) is 34.5 Å². The van der Waals surface area contributed by atoms with Crippen LogP contribution >= 0.6 is 11.3 Å². The van der Waals surface area contributed by atoms with Gasteiger partial charge in [0.1, 0.15) is 5.01 Å². The van der Waals surface area contributed by atoms with E-state index in [4.69, 9.17) is 5.73 Å². The highest BCUT2D eigenvalue weighted by Gasteiger charge is 2.05. The predicted molar refractivity (Wildman–Crippen MR) is 87.5 cm³/mol. The van der Waals surface area contributed by atoms with Gasteiger partial charge in [-0.25, -0.2) is 9.78 Å². The molecule has 2 rings (SSSR count). The van der Waals surface area contributed by atoms with Gasteiger partial charge in [0.15, 0.2) is 0 Å². The summed E-state index contributed by atoms with van der Waals surface area (Å²) in [7, 11) is 0. The van der Waals surface area contributed by atoms with Crippen LogP contribution in [0, 0.1) is 0 Å². The van der Waals surface area contributed by atoms with Crippen LogP contribution < -0.4 is 16.4 Å². The second-order valence-electron chi connectivity index (χ2n) is 4.95. The number of benzene rings is 1. The van der Waals surface area contributed by atoms with Crippen molar-refractivity contribution in [1.82, 2.24) is 15.6 Å². The molecule has 4 N–H and O–H groups in total. The summed E-state index contributed by atoms with van der Waals surface area (Å²) >= 11 is 1.60. The van der Waals surface area contributed by atoms with E-state index in [2.05, 4.69) is 15.6 Å². The highest BCUT2D eigenvalue weighted by molar-refractivity contribution is 7.18. The van der Waals surface area contributed by atoms with Crippen molar-refractivity contribution in [2.24, 2.45) is 5.73 Å². The van der Waals surface area contributed by atoms with E-state index in [1.165, 1.54) is 0 Å². The molecular weight excluding hydrogens is 300 g/mol. The van der Waals surface area contributed by atoms with Crippen molar-refractivity contribution in [3.05, 3.63) is 29.3 Å². The molecule has 1 aromatic heterocycles. The lowest BCUT2D eigenvalue weighted by Crippen LogP contribution is -2.30. The number of para-hydroxylation sites is 1. The van der Waals surface area contributed by atoms with Gasteiger partial charge in [-0.05, 0) is 25.0 Å². The van der Waals surface area contributed by atoms with Crippen molar-refractivity contribution in [2.75, 3.05) is 6.54 Å². The minimum atomic E-state index is -0.506. The number of nitrogens with one attached hydrogen (secondary N) is 2. The van der Waals surface area contributed by atoms with Crippen LogP contribution in [-0.2, 0) is 11.3 Å². The molecule has 2 aromatic rings. The van der Waals surface area contributed by atoms with Gasteiger partial charge in [0.25, 0.3) is 0 Å². The van der Waals surface area contributed by atoms with Crippen LogP contribution in [0.1, 0.15) is 30.7 Å². The summed E-state index contributed by atoms with van der Waals surface area (Å²) in [5.74, 6) is 0.0297. The zero-order valence-electron chi connectivity index (χ0n) is 12.3. The van der Waals surface area contributed by atoms with Crippen LogP contribution in [0.25, 0.3) is 10.2 Å². The summed E-state index contributed by atoms with van der Waals surface area (Å²) in [6.45, 7) is 1.03. The Bertz CT molecular complexity index is 608. The molecule has 0 aliphatic carbocycles. The molecule has 0 bridgehead atoms. The minimum absolute atomic E-state index is 0.0297. The summed E-state index contributed by atoms with van der Waals surface area (Å²) < 4.78 is 1.13. The van der Waals surface area contributed by atoms with E-state index < -0.39 is 6.03 Å². The second kappa shape index (κ2) is 8.33. The molecule has 0 aliphatic heterocycles. The minimum Gasteiger partial charge on any atom is -0.352 e. The van der Waals surface area contributed by atoms with Gasteiger partial charge in [0.05, 0.1) is 16.8 Å². The Kier molecular flexibility index (Phi) is 6.14. The number of thiazole rings is 1. The Morgan fingerprint density at radius 3 is 2.73 bits per heavy atom.